The predicted molar refractivity (Wildman–Crippen MR) is 151 cm³/mol. The third-order valence-corrected chi connectivity index (χ3v) is 9.09. The van der Waals surface area contributed by atoms with Crippen molar-refractivity contribution in [1.82, 2.24) is 14.2 Å². The Balaban J connectivity index is 1.60. The number of sulfonamides is 1. The van der Waals surface area contributed by atoms with Crippen LogP contribution in [0.25, 0.3) is 10.2 Å². The highest BCUT2D eigenvalue weighted by Crippen LogP contribution is 2.31. The van der Waals surface area contributed by atoms with E-state index in [0.717, 1.165) is 15.8 Å². The number of halogens is 1. The van der Waals surface area contributed by atoms with Gasteiger partial charge in [0.15, 0.2) is 5.13 Å². The van der Waals surface area contributed by atoms with Gasteiger partial charge in [0.05, 0.1) is 15.1 Å². The molecule has 0 aliphatic heterocycles. The third-order valence-electron chi connectivity index (χ3n) is 5.88. The Morgan fingerprint density at radius 3 is 2.32 bits per heavy atom. The van der Waals surface area contributed by atoms with Crippen molar-refractivity contribution in [2.75, 3.05) is 38.6 Å². The molecule has 0 aliphatic rings. The molecule has 10 heteroatoms. The van der Waals surface area contributed by atoms with Gasteiger partial charge < -0.3 is 4.90 Å². The van der Waals surface area contributed by atoms with Crippen LogP contribution in [0, 0.1) is 0 Å². The SMILES string of the molecule is CCN(Cc1ccccc1)S(=O)(=O)c1ccc(C(=O)N(CCN(C)C)c2nc3ccc(Cl)cc3s2)cc1. The Kier molecular flexibility index (Phi) is 8.61. The maximum absolute atomic E-state index is 13.6. The number of benzene rings is 3. The van der Waals surface area contributed by atoms with Gasteiger partial charge in [0, 0.05) is 36.8 Å². The number of fused-ring (bicyclic) bond motifs is 1. The lowest BCUT2D eigenvalue weighted by Gasteiger charge is -2.23. The topological polar surface area (TPSA) is 73.8 Å². The molecule has 4 aromatic rings. The summed E-state index contributed by atoms with van der Waals surface area (Å²) in [6.45, 7) is 3.49. The molecule has 0 radical (unpaired) electrons. The van der Waals surface area contributed by atoms with Gasteiger partial charge in [-0.1, -0.05) is 60.2 Å². The Morgan fingerprint density at radius 1 is 0.973 bits per heavy atom. The largest absolute Gasteiger partial charge is 0.308 e. The van der Waals surface area contributed by atoms with Gasteiger partial charge in [0.25, 0.3) is 5.91 Å². The number of aromatic nitrogens is 1. The fourth-order valence-corrected chi connectivity index (χ4v) is 6.52. The van der Waals surface area contributed by atoms with E-state index in [1.165, 1.54) is 27.8 Å². The second kappa shape index (κ2) is 11.7. The van der Waals surface area contributed by atoms with Crippen LogP contribution < -0.4 is 4.90 Å². The number of thiazole rings is 1. The van der Waals surface area contributed by atoms with E-state index in [1.54, 1.807) is 23.1 Å². The summed E-state index contributed by atoms with van der Waals surface area (Å²) in [6, 6.07) is 21.0. The van der Waals surface area contributed by atoms with Gasteiger partial charge in [-0.15, -0.1) is 0 Å². The molecule has 0 saturated heterocycles. The highest BCUT2D eigenvalue weighted by molar-refractivity contribution is 7.89. The Hall–Kier alpha value is -2.82. The second-order valence-corrected chi connectivity index (χ2v) is 12.2. The Bertz CT molecular complexity index is 1470. The van der Waals surface area contributed by atoms with Gasteiger partial charge in [0.1, 0.15) is 0 Å². The van der Waals surface area contributed by atoms with Gasteiger partial charge in [-0.3, -0.25) is 9.69 Å². The summed E-state index contributed by atoms with van der Waals surface area (Å²) in [5.74, 6) is -0.243. The summed E-state index contributed by atoms with van der Waals surface area (Å²) in [4.78, 5) is 22.0. The van der Waals surface area contributed by atoms with Gasteiger partial charge in [-0.25, -0.2) is 13.4 Å². The van der Waals surface area contributed by atoms with E-state index in [2.05, 4.69) is 4.98 Å². The summed E-state index contributed by atoms with van der Waals surface area (Å²) in [6.07, 6.45) is 0. The lowest BCUT2D eigenvalue weighted by atomic mass is 10.2. The van der Waals surface area contributed by atoms with E-state index in [-0.39, 0.29) is 17.3 Å². The lowest BCUT2D eigenvalue weighted by Crippen LogP contribution is -2.36. The highest BCUT2D eigenvalue weighted by atomic mass is 35.5. The molecule has 4 rings (SSSR count). The van der Waals surface area contributed by atoms with E-state index >= 15 is 0 Å². The van der Waals surface area contributed by atoms with E-state index in [0.29, 0.717) is 35.4 Å². The first-order valence-electron chi connectivity index (χ1n) is 11.9. The van der Waals surface area contributed by atoms with Crippen LogP contribution in [0.1, 0.15) is 22.8 Å². The number of carbonyl (C=O) groups is 1. The average molecular weight is 557 g/mol. The Morgan fingerprint density at radius 2 is 1.68 bits per heavy atom. The molecule has 7 nitrogen and oxygen atoms in total. The van der Waals surface area contributed by atoms with Crippen molar-refractivity contribution in [3.05, 3.63) is 88.9 Å². The van der Waals surface area contributed by atoms with Crippen LogP contribution in [0.15, 0.2) is 77.7 Å². The van der Waals surface area contributed by atoms with Crippen molar-refractivity contribution in [2.24, 2.45) is 0 Å². The number of carbonyl (C=O) groups excluding carboxylic acids is 1. The molecule has 0 bridgehead atoms. The van der Waals surface area contributed by atoms with Crippen LogP contribution in [-0.4, -0.2) is 62.2 Å². The molecule has 3 aromatic carbocycles. The van der Waals surface area contributed by atoms with Crippen molar-refractivity contribution in [1.29, 1.82) is 0 Å². The first-order chi connectivity index (χ1) is 17.7. The number of nitrogens with zero attached hydrogens (tertiary/aromatic N) is 4. The molecule has 1 heterocycles. The molecular weight excluding hydrogens is 528 g/mol. The second-order valence-electron chi connectivity index (χ2n) is 8.81. The molecule has 0 saturated carbocycles. The molecule has 37 heavy (non-hydrogen) atoms. The van der Waals surface area contributed by atoms with Crippen molar-refractivity contribution >= 4 is 54.2 Å². The van der Waals surface area contributed by atoms with Crippen molar-refractivity contribution in [3.8, 4) is 0 Å². The third kappa shape index (κ3) is 6.37. The van der Waals surface area contributed by atoms with Crippen LogP contribution in [0.5, 0.6) is 0 Å². The molecule has 0 aliphatic carbocycles. The molecule has 1 amide bonds. The molecule has 0 atom stereocenters. The summed E-state index contributed by atoms with van der Waals surface area (Å²) in [7, 11) is 0.152. The normalized spacial score (nSPS) is 11.9. The van der Waals surface area contributed by atoms with Gasteiger partial charge in [0.2, 0.25) is 10.0 Å². The maximum Gasteiger partial charge on any atom is 0.260 e. The number of hydrogen-bond acceptors (Lipinski definition) is 6. The molecular formula is C27H29ClN4O3S2. The zero-order valence-corrected chi connectivity index (χ0v) is 23.4. The standard InChI is InChI=1S/C27H29ClN4O3S2/c1-4-31(19-20-8-6-5-7-9-20)37(34,35)23-13-10-21(11-14-23)26(33)32(17-16-30(2)3)27-29-24-15-12-22(28)18-25(24)36-27/h5-15,18H,4,16-17,19H2,1-3H3. The van der Waals surface area contributed by atoms with Crippen LogP contribution in [0.3, 0.4) is 0 Å². The summed E-state index contributed by atoms with van der Waals surface area (Å²) in [5, 5.41) is 1.18. The molecule has 0 spiro atoms. The smallest absolute Gasteiger partial charge is 0.260 e. The van der Waals surface area contributed by atoms with Crippen molar-refractivity contribution in [2.45, 2.75) is 18.4 Å². The molecule has 1 aromatic heterocycles. The van der Waals surface area contributed by atoms with E-state index in [1.807, 2.05) is 68.4 Å². The van der Waals surface area contributed by atoms with Gasteiger partial charge in [-0.05, 0) is 62.1 Å². The summed E-state index contributed by atoms with van der Waals surface area (Å²) >= 11 is 7.54. The highest BCUT2D eigenvalue weighted by Gasteiger charge is 2.25. The predicted octanol–water partition coefficient (Wildman–Crippen LogP) is 5.37. The van der Waals surface area contributed by atoms with E-state index in [4.69, 9.17) is 11.6 Å². The summed E-state index contributed by atoms with van der Waals surface area (Å²) < 4.78 is 28.9. The molecule has 0 fully saturated rings. The molecule has 0 N–H and O–H groups in total. The fourth-order valence-electron chi connectivity index (χ4n) is 3.81. The van der Waals surface area contributed by atoms with Crippen molar-refractivity contribution < 1.29 is 13.2 Å². The van der Waals surface area contributed by atoms with Crippen LogP contribution in [0.4, 0.5) is 5.13 Å². The number of hydrogen-bond donors (Lipinski definition) is 0. The quantitative estimate of drug-likeness (QED) is 0.262. The van der Waals surface area contributed by atoms with Crippen LogP contribution in [-0.2, 0) is 16.6 Å². The van der Waals surface area contributed by atoms with E-state index < -0.39 is 10.0 Å². The number of amides is 1. The van der Waals surface area contributed by atoms with Crippen LogP contribution in [0.2, 0.25) is 5.02 Å². The van der Waals surface area contributed by atoms with Gasteiger partial charge in [-0.2, -0.15) is 4.31 Å². The monoisotopic (exact) mass is 556 g/mol. The number of rotatable bonds is 10. The zero-order valence-electron chi connectivity index (χ0n) is 21.0. The first kappa shape index (κ1) is 27.2. The first-order valence-corrected chi connectivity index (χ1v) is 14.5. The van der Waals surface area contributed by atoms with Crippen molar-refractivity contribution in [3.63, 3.8) is 0 Å². The minimum Gasteiger partial charge on any atom is -0.308 e. The van der Waals surface area contributed by atoms with Crippen LogP contribution >= 0.6 is 22.9 Å². The summed E-state index contributed by atoms with van der Waals surface area (Å²) in [5.41, 5.74) is 2.07. The minimum absolute atomic E-state index is 0.149. The minimum atomic E-state index is -3.73. The maximum atomic E-state index is 13.6. The van der Waals surface area contributed by atoms with Gasteiger partial charge >= 0.3 is 0 Å². The average Bonchev–Trinajstić information content (AvgIpc) is 3.30. The molecule has 0 unspecified atom stereocenters. The fraction of sp³-hybridized carbons (Fsp3) is 0.259. The number of likely N-dealkylation sites (N-methyl/N-ethyl adjacent to an activating group) is 1. The lowest BCUT2D eigenvalue weighted by molar-refractivity contribution is 0.0985. The Labute approximate surface area is 227 Å². The zero-order chi connectivity index (χ0) is 26.6. The van der Waals surface area contributed by atoms with E-state index in [9.17, 15) is 13.2 Å². The molecule has 194 valence electrons. The number of anilines is 1.